The second kappa shape index (κ2) is 4.77. The number of nitrogens with two attached hydrogens (primary N) is 1. The predicted molar refractivity (Wildman–Crippen MR) is 55.7 cm³/mol. The van der Waals surface area contributed by atoms with Crippen molar-refractivity contribution in [1.29, 1.82) is 0 Å². The number of methoxy groups -OCH3 is 1. The average Bonchev–Trinajstić information content (AvgIpc) is 2.17. The largest absolute Gasteiger partial charge is 0.496 e. The van der Waals surface area contributed by atoms with E-state index >= 15 is 0 Å². The van der Waals surface area contributed by atoms with Gasteiger partial charge in [0.15, 0.2) is 0 Å². The number of ether oxygens (including phenoxy) is 1. The molecule has 0 aliphatic rings. The third-order valence-corrected chi connectivity index (χ3v) is 1.99. The molecule has 0 aliphatic carbocycles. The van der Waals surface area contributed by atoms with Crippen LogP contribution in [-0.4, -0.2) is 13.7 Å². The molecule has 0 unspecified atom stereocenters. The van der Waals surface area contributed by atoms with E-state index in [1.165, 1.54) is 19.2 Å². The van der Waals surface area contributed by atoms with Crippen LogP contribution in [0.4, 0.5) is 4.39 Å². The first-order valence-electron chi connectivity index (χ1n) is 4.40. The van der Waals surface area contributed by atoms with Gasteiger partial charge < -0.3 is 10.5 Å². The molecule has 0 fully saturated rings. The zero-order valence-corrected chi connectivity index (χ0v) is 8.22. The Morgan fingerprint density at radius 1 is 1.57 bits per heavy atom. The van der Waals surface area contributed by atoms with Gasteiger partial charge in [0.25, 0.3) is 0 Å². The normalized spacial score (nSPS) is 9.93. The quantitative estimate of drug-likeness (QED) is 0.799. The first kappa shape index (κ1) is 10.7. The lowest BCUT2D eigenvalue weighted by Crippen LogP contribution is -2.00. The standard InChI is InChI=1S/C11H14FNO/c1-8(5-6-13)10-4-3-9(12)7-11(10)14-2/h3-4,7H,1,5-6,13H2,2H3. The van der Waals surface area contributed by atoms with Gasteiger partial charge in [0.1, 0.15) is 11.6 Å². The highest BCUT2D eigenvalue weighted by molar-refractivity contribution is 5.68. The van der Waals surface area contributed by atoms with Crippen LogP contribution in [0.25, 0.3) is 5.57 Å². The van der Waals surface area contributed by atoms with Crippen molar-refractivity contribution in [3.8, 4) is 5.75 Å². The van der Waals surface area contributed by atoms with E-state index < -0.39 is 0 Å². The average molecular weight is 195 g/mol. The van der Waals surface area contributed by atoms with E-state index in [4.69, 9.17) is 10.5 Å². The minimum atomic E-state index is -0.314. The van der Waals surface area contributed by atoms with Crippen molar-refractivity contribution in [1.82, 2.24) is 0 Å². The monoisotopic (exact) mass is 195 g/mol. The van der Waals surface area contributed by atoms with Crippen LogP contribution in [0, 0.1) is 5.82 Å². The molecule has 0 heterocycles. The zero-order valence-electron chi connectivity index (χ0n) is 8.22. The molecule has 1 rings (SSSR count). The first-order valence-corrected chi connectivity index (χ1v) is 4.40. The third-order valence-electron chi connectivity index (χ3n) is 1.99. The van der Waals surface area contributed by atoms with E-state index in [-0.39, 0.29) is 5.82 Å². The number of hydrogen-bond donors (Lipinski definition) is 1. The molecule has 0 saturated heterocycles. The molecule has 0 aromatic heterocycles. The minimum Gasteiger partial charge on any atom is -0.496 e. The van der Waals surface area contributed by atoms with Crippen molar-refractivity contribution in [2.24, 2.45) is 5.73 Å². The SMILES string of the molecule is C=C(CCN)c1ccc(F)cc1OC. The van der Waals surface area contributed by atoms with E-state index in [0.29, 0.717) is 18.7 Å². The highest BCUT2D eigenvalue weighted by Crippen LogP contribution is 2.27. The number of rotatable bonds is 4. The van der Waals surface area contributed by atoms with Crippen LogP contribution in [0.2, 0.25) is 0 Å². The molecule has 3 heteroatoms. The first-order chi connectivity index (χ1) is 6.69. The Hall–Kier alpha value is -1.35. The van der Waals surface area contributed by atoms with Crippen LogP contribution in [-0.2, 0) is 0 Å². The fraction of sp³-hybridized carbons (Fsp3) is 0.273. The van der Waals surface area contributed by atoms with Gasteiger partial charge in [-0.1, -0.05) is 6.58 Å². The van der Waals surface area contributed by atoms with Gasteiger partial charge in [-0.2, -0.15) is 0 Å². The maximum Gasteiger partial charge on any atom is 0.129 e. The van der Waals surface area contributed by atoms with Crippen LogP contribution in [0.15, 0.2) is 24.8 Å². The van der Waals surface area contributed by atoms with Gasteiger partial charge in [-0.05, 0) is 30.7 Å². The van der Waals surface area contributed by atoms with Crippen LogP contribution in [0.5, 0.6) is 5.75 Å². The maximum absolute atomic E-state index is 12.8. The molecule has 0 atom stereocenters. The van der Waals surface area contributed by atoms with Crippen molar-refractivity contribution in [2.75, 3.05) is 13.7 Å². The summed E-state index contributed by atoms with van der Waals surface area (Å²) in [7, 11) is 1.51. The Morgan fingerprint density at radius 2 is 2.29 bits per heavy atom. The maximum atomic E-state index is 12.8. The molecule has 0 amide bonds. The van der Waals surface area contributed by atoms with Crippen molar-refractivity contribution < 1.29 is 9.13 Å². The van der Waals surface area contributed by atoms with Gasteiger partial charge in [0.2, 0.25) is 0 Å². The molecule has 0 radical (unpaired) electrons. The van der Waals surface area contributed by atoms with Crippen molar-refractivity contribution in [3.63, 3.8) is 0 Å². The molecule has 0 spiro atoms. The predicted octanol–water partition coefficient (Wildman–Crippen LogP) is 2.20. The van der Waals surface area contributed by atoms with Crippen molar-refractivity contribution in [3.05, 3.63) is 36.2 Å². The molecule has 1 aromatic carbocycles. The van der Waals surface area contributed by atoms with Crippen molar-refractivity contribution >= 4 is 5.57 Å². The van der Waals surface area contributed by atoms with Gasteiger partial charge in [0.05, 0.1) is 7.11 Å². The van der Waals surface area contributed by atoms with Gasteiger partial charge in [-0.15, -0.1) is 0 Å². The van der Waals surface area contributed by atoms with E-state index in [9.17, 15) is 4.39 Å². The van der Waals surface area contributed by atoms with E-state index in [1.54, 1.807) is 6.07 Å². The van der Waals surface area contributed by atoms with E-state index in [1.807, 2.05) is 0 Å². The molecule has 1 aromatic rings. The van der Waals surface area contributed by atoms with Gasteiger partial charge in [-0.25, -0.2) is 4.39 Å². The van der Waals surface area contributed by atoms with Crippen LogP contribution in [0.3, 0.4) is 0 Å². The zero-order chi connectivity index (χ0) is 10.6. The summed E-state index contributed by atoms with van der Waals surface area (Å²) >= 11 is 0. The molecule has 0 bridgehead atoms. The topological polar surface area (TPSA) is 35.2 Å². The number of benzene rings is 1. The van der Waals surface area contributed by atoms with E-state index in [2.05, 4.69) is 6.58 Å². The Kier molecular flexibility index (Phi) is 3.65. The molecule has 0 aliphatic heterocycles. The lowest BCUT2D eigenvalue weighted by Gasteiger charge is -2.10. The summed E-state index contributed by atoms with van der Waals surface area (Å²) in [6.45, 7) is 4.40. The van der Waals surface area contributed by atoms with Gasteiger partial charge in [0, 0.05) is 11.6 Å². The fourth-order valence-electron chi connectivity index (χ4n) is 1.27. The molecule has 2 nitrogen and oxygen atoms in total. The fourth-order valence-corrected chi connectivity index (χ4v) is 1.27. The van der Waals surface area contributed by atoms with E-state index in [0.717, 1.165) is 11.1 Å². The lowest BCUT2D eigenvalue weighted by atomic mass is 10.0. The van der Waals surface area contributed by atoms with Crippen LogP contribution < -0.4 is 10.5 Å². The summed E-state index contributed by atoms with van der Waals surface area (Å²) in [6, 6.07) is 4.39. The minimum absolute atomic E-state index is 0.314. The summed E-state index contributed by atoms with van der Waals surface area (Å²) in [4.78, 5) is 0. The Balaban J connectivity index is 3.01. The highest BCUT2D eigenvalue weighted by Gasteiger charge is 2.06. The lowest BCUT2D eigenvalue weighted by molar-refractivity contribution is 0.410. The molecule has 0 saturated carbocycles. The van der Waals surface area contributed by atoms with Crippen LogP contribution in [0.1, 0.15) is 12.0 Å². The Morgan fingerprint density at radius 3 is 2.86 bits per heavy atom. The van der Waals surface area contributed by atoms with Gasteiger partial charge >= 0.3 is 0 Å². The smallest absolute Gasteiger partial charge is 0.129 e. The molecular weight excluding hydrogens is 181 g/mol. The number of hydrogen-bond acceptors (Lipinski definition) is 2. The highest BCUT2D eigenvalue weighted by atomic mass is 19.1. The summed E-state index contributed by atoms with van der Waals surface area (Å²) < 4.78 is 17.9. The Bertz CT molecular complexity index is 336. The molecule has 14 heavy (non-hydrogen) atoms. The third kappa shape index (κ3) is 2.33. The van der Waals surface area contributed by atoms with Crippen molar-refractivity contribution in [2.45, 2.75) is 6.42 Å². The summed E-state index contributed by atoms with van der Waals surface area (Å²) in [5, 5.41) is 0. The second-order valence-corrected chi connectivity index (χ2v) is 2.99. The summed E-state index contributed by atoms with van der Waals surface area (Å²) in [6.07, 6.45) is 0.683. The van der Waals surface area contributed by atoms with Gasteiger partial charge in [-0.3, -0.25) is 0 Å². The Labute approximate surface area is 83.2 Å². The molecular formula is C11H14FNO. The van der Waals surface area contributed by atoms with Crippen LogP contribution >= 0.6 is 0 Å². The molecule has 2 N–H and O–H groups in total. The number of halogens is 1. The molecule has 76 valence electrons. The summed E-state index contributed by atoms with van der Waals surface area (Å²) in [5.41, 5.74) is 7.10. The summed E-state index contributed by atoms with van der Waals surface area (Å²) in [5.74, 6) is 0.189. The second-order valence-electron chi connectivity index (χ2n) is 2.99.